The quantitative estimate of drug-likeness (QED) is 0.0222. The minimum atomic E-state index is -4.96. The molecule has 4 unspecified atom stereocenters. The highest BCUT2D eigenvalue weighted by atomic mass is 31.2. The fourth-order valence-corrected chi connectivity index (χ4v) is 12.9. The van der Waals surface area contributed by atoms with Crippen molar-refractivity contribution in [2.24, 2.45) is 17.8 Å². The van der Waals surface area contributed by atoms with Crippen LogP contribution in [0.3, 0.4) is 0 Å². The van der Waals surface area contributed by atoms with Crippen molar-refractivity contribution in [3.63, 3.8) is 0 Å². The molecule has 0 aromatic rings. The van der Waals surface area contributed by atoms with Crippen molar-refractivity contribution in [3.8, 4) is 0 Å². The summed E-state index contributed by atoms with van der Waals surface area (Å²) < 4.78 is 68.3. The highest BCUT2D eigenvalue weighted by molar-refractivity contribution is 7.47. The second-order valence-electron chi connectivity index (χ2n) is 28.0. The first-order valence-electron chi connectivity index (χ1n) is 38.9. The zero-order valence-corrected chi connectivity index (χ0v) is 63.2. The molecular weight excluding hydrogens is 1230 g/mol. The van der Waals surface area contributed by atoms with Crippen LogP contribution in [0.25, 0.3) is 0 Å². The van der Waals surface area contributed by atoms with Crippen LogP contribution in [0.1, 0.15) is 382 Å². The lowest BCUT2D eigenvalue weighted by Gasteiger charge is -2.21. The maximum absolute atomic E-state index is 13.1. The predicted octanol–water partition coefficient (Wildman–Crippen LogP) is 21.8. The van der Waals surface area contributed by atoms with Crippen molar-refractivity contribution < 1.29 is 80.2 Å². The molecule has 0 aliphatic carbocycles. The van der Waals surface area contributed by atoms with Crippen molar-refractivity contribution in [1.29, 1.82) is 0 Å². The molecule has 0 aliphatic heterocycles. The Morgan fingerprint density at radius 3 is 0.809 bits per heavy atom. The van der Waals surface area contributed by atoms with Gasteiger partial charge in [0.1, 0.15) is 19.3 Å². The van der Waals surface area contributed by atoms with E-state index in [1.54, 1.807) is 0 Å². The number of unbranched alkanes of at least 4 members (excludes halogenated alkanes) is 39. The monoisotopic (exact) mass is 1380 g/mol. The molecule has 0 bridgehead atoms. The molecule has 0 saturated heterocycles. The van der Waals surface area contributed by atoms with Crippen molar-refractivity contribution >= 4 is 39.5 Å². The third kappa shape index (κ3) is 66.0. The van der Waals surface area contributed by atoms with Gasteiger partial charge in [0.05, 0.1) is 26.4 Å². The molecule has 7 atom stereocenters. The first kappa shape index (κ1) is 92.1. The van der Waals surface area contributed by atoms with Gasteiger partial charge in [-0.3, -0.25) is 37.3 Å². The number of aliphatic hydroxyl groups excluding tert-OH is 1. The van der Waals surface area contributed by atoms with Gasteiger partial charge in [0.15, 0.2) is 12.2 Å². The largest absolute Gasteiger partial charge is 0.472 e. The fourth-order valence-electron chi connectivity index (χ4n) is 11.4. The minimum Gasteiger partial charge on any atom is -0.462 e. The summed E-state index contributed by atoms with van der Waals surface area (Å²) in [7, 11) is -9.90. The van der Waals surface area contributed by atoms with Gasteiger partial charge in [-0.15, -0.1) is 0 Å². The lowest BCUT2D eigenvalue weighted by atomic mass is 9.99. The van der Waals surface area contributed by atoms with E-state index >= 15 is 0 Å². The van der Waals surface area contributed by atoms with Gasteiger partial charge in [-0.25, -0.2) is 9.13 Å². The van der Waals surface area contributed by atoms with Crippen LogP contribution >= 0.6 is 15.6 Å². The second-order valence-corrected chi connectivity index (χ2v) is 30.9. The van der Waals surface area contributed by atoms with Gasteiger partial charge in [-0.2, -0.15) is 0 Å². The number of carbonyl (C=O) groups is 4. The molecule has 17 nitrogen and oxygen atoms in total. The Bertz CT molecular complexity index is 1840. The average Bonchev–Trinajstić information content (AvgIpc) is 1.69. The Hall–Kier alpha value is -1.94. The molecule has 0 rings (SSSR count). The van der Waals surface area contributed by atoms with E-state index in [2.05, 4.69) is 48.5 Å². The highest BCUT2D eigenvalue weighted by Crippen LogP contribution is 2.45. The van der Waals surface area contributed by atoms with Crippen LogP contribution in [0.15, 0.2) is 0 Å². The molecule has 19 heteroatoms. The minimum absolute atomic E-state index is 0.102. The van der Waals surface area contributed by atoms with Gasteiger partial charge in [0.25, 0.3) is 0 Å². The number of aliphatic hydroxyl groups is 1. The number of ether oxygens (including phenoxy) is 4. The first-order chi connectivity index (χ1) is 45.3. The van der Waals surface area contributed by atoms with Gasteiger partial charge >= 0.3 is 39.5 Å². The van der Waals surface area contributed by atoms with Crippen LogP contribution in [0, 0.1) is 17.8 Å². The van der Waals surface area contributed by atoms with E-state index in [-0.39, 0.29) is 25.7 Å². The molecule has 0 saturated carbocycles. The van der Waals surface area contributed by atoms with Crippen LogP contribution in [-0.4, -0.2) is 96.7 Å². The number of phosphoric acid groups is 2. The number of carbonyl (C=O) groups excluding carboxylic acids is 4. The van der Waals surface area contributed by atoms with E-state index in [1.807, 2.05) is 0 Å². The number of hydrogen-bond donors (Lipinski definition) is 3. The van der Waals surface area contributed by atoms with Gasteiger partial charge in [0.2, 0.25) is 0 Å². The van der Waals surface area contributed by atoms with Crippen molar-refractivity contribution in [2.75, 3.05) is 39.6 Å². The highest BCUT2D eigenvalue weighted by Gasteiger charge is 2.30. The summed E-state index contributed by atoms with van der Waals surface area (Å²) >= 11 is 0. The second kappa shape index (κ2) is 65.7. The summed E-state index contributed by atoms with van der Waals surface area (Å²) in [6.45, 7) is 11.9. The molecule has 94 heavy (non-hydrogen) atoms. The van der Waals surface area contributed by atoms with E-state index in [9.17, 15) is 43.2 Å². The molecule has 0 radical (unpaired) electrons. The summed E-state index contributed by atoms with van der Waals surface area (Å²) in [5.41, 5.74) is 0. The Labute approximate surface area is 575 Å². The van der Waals surface area contributed by atoms with Gasteiger partial charge in [-0.05, 0) is 43.4 Å². The molecular formula is C75H146O17P2. The third-order valence-electron chi connectivity index (χ3n) is 18.1. The number of esters is 4. The van der Waals surface area contributed by atoms with Gasteiger partial charge in [0, 0.05) is 25.7 Å². The average molecular weight is 1380 g/mol. The zero-order chi connectivity index (χ0) is 69.4. The lowest BCUT2D eigenvalue weighted by molar-refractivity contribution is -0.161. The summed E-state index contributed by atoms with van der Waals surface area (Å²) in [4.78, 5) is 72.6. The molecule has 3 N–H and O–H groups in total. The Morgan fingerprint density at radius 1 is 0.309 bits per heavy atom. The zero-order valence-electron chi connectivity index (χ0n) is 61.4. The van der Waals surface area contributed by atoms with Crippen molar-refractivity contribution in [2.45, 2.75) is 401 Å². The van der Waals surface area contributed by atoms with Crippen molar-refractivity contribution in [1.82, 2.24) is 0 Å². The molecule has 0 aromatic carbocycles. The summed E-state index contributed by atoms with van der Waals surface area (Å²) in [6, 6.07) is 0. The SMILES string of the molecule is CCCCCCCCCCCC(=O)OC[C@H](COP(=O)(O)OC[C@H](O)COP(=O)(O)OC[C@@H](COC(=O)CCCCCCCCCCCCC(C)CC)OC(=O)CCCCCCCCCCCCCCCCCCCCC(C)CC)OC(=O)CCCCCCCCC(C)C. The van der Waals surface area contributed by atoms with Crippen LogP contribution in [0.2, 0.25) is 0 Å². The summed E-state index contributed by atoms with van der Waals surface area (Å²) in [6.07, 6.45) is 51.6. The number of hydrogen-bond acceptors (Lipinski definition) is 15. The Morgan fingerprint density at radius 2 is 0.543 bits per heavy atom. The fraction of sp³-hybridized carbons (Fsp3) is 0.947. The molecule has 0 aliphatic rings. The van der Waals surface area contributed by atoms with E-state index < -0.39 is 97.5 Å². The molecule has 0 fully saturated rings. The lowest BCUT2D eigenvalue weighted by Crippen LogP contribution is -2.30. The molecule has 0 amide bonds. The first-order valence-corrected chi connectivity index (χ1v) is 41.9. The van der Waals surface area contributed by atoms with Gasteiger partial charge in [-0.1, -0.05) is 331 Å². The Balaban J connectivity index is 5.16. The molecule has 0 heterocycles. The Kier molecular flexibility index (Phi) is 64.3. The predicted molar refractivity (Wildman–Crippen MR) is 381 cm³/mol. The molecule has 0 spiro atoms. The van der Waals surface area contributed by atoms with E-state index in [0.29, 0.717) is 31.6 Å². The van der Waals surface area contributed by atoms with Crippen LogP contribution < -0.4 is 0 Å². The maximum atomic E-state index is 13.1. The molecule has 558 valence electrons. The summed E-state index contributed by atoms with van der Waals surface area (Å²) in [5.74, 6) is 0.224. The van der Waals surface area contributed by atoms with E-state index in [4.69, 9.17) is 37.0 Å². The topological polar surface area (TPSA) is 237 Å². The standard InChI is InChI=1S/C75H146O17P2/c1-8-11-12-13-14-27-34-42-49-56-72(77)85-63-71(92-75(80)59-52-45-38-37-39-46-53-66(4)5)65-90-94(83,84)88-61-69(76)60-87-93(81,82)89-64-70(62-86-73(78)57-50-43-35-30-26-25-29-33-41-48-55-68(7)10-3)91-74(79)58-51-44-36-31-24-22-20-18-16-15-17-19-21-23-28-32-40-47-54-67(6)9-2/h66-71,76H,8-65H2,1-7H3,(H,81,82)(H,83,84)/t67?,68?,69-,70-,71-/m1/s1. The smallest absolute Gasteiger partial charge is 0.462 e. The third-order valence-corrected chi connectivity index (χ3v) is 20.0. The number of phosphoric ester groups is 2. The number of rotatable bonds is 73. The van der Waals surface area contributed by atoms with Gasteiger partial charge < -0.3 is 33.8 Å². The summed E-state index contributed by atoms with van der Waals surface area (Å²) in [5, 5.41) is 10.6. The van der Waals surface area contributed by atoms with Crippen LogP contribution in [0.5, 0.6) is 0 Å². The van der Waals surface area contributed by atoms with Crippen LogP contribution in [-0.2, 0) is 65.4 Å². The van der Waals surface area contributed by atoms with Crippen LogP contribution in [0.4, 0.5) is 0 Å². The van der Waals surface area contributed by atoms with E-state index in [0.717, 1.165) is 102 Å². The van der Waals surface area contributed by atoms with Crippen molar-refractivity contribution in [3.05, 3.63) is 0 Å². The maximum Gasteiger partial charge on any atom is 0.472 e. The normalized spacial score (nSPS) is 14.7. The molecule has 0 aromatic heterocycles. The van der Waals surface area contributed by atoms with E-state index in [1.165, 1.54) is 193 Å².